The Morgan fingerprint density at radius 1 is 1.13 bits per heavy atom. The lowest BCUT2D eigenvalue weighted by atomic mass is 10.1. The summed E-state index contributed by atoms with van der Waals surface area (Å²) in [5, 5.41) is 8.16. The van der Waals surface area contributed by atoms with Crippen LogP contribution in [0.25, 0.3) is 0 Å². The number of carbonyl (C=O) groups excluding carboxylic acids is 2. The fourth-order valence-corrected chi connectivity index (χ4v) is 4.20. The van der Waals surface area contributed by atoms with Gasteiger partial charge in [-0.05, 0) is 43.6 Å². The summed E-state index contributed by atoms with van der Waals surface area (Å²) in [7, 11) is 0. The highest BCUT2D eigenvalue weighted by atomic mass is 32.1. The molecule has 3 aromatic rings. The Bertz CT molecular complexity index is 965. The minimum atomic E-state index is -0.754. The summed E-state index contributed by atoms with van der Waals surface area (Å²) in [6.45, 7) is 2.99. The zero-order valence-corrected chi connectivity index (χ0v) is 17.4. The number of hydrogen-bond donors (Lipinski definition) is 2. The van der Waals surface area contributed by atoms with Crippen molar-refractivity contribution < 1.29 is 14.0 Å². The van der Waals surface area contributed by atoms with Gasteiger partial charge in [0.2, 0.25) is 5.91 Å². The molecule has 1 aliphatic heterocycles. The normalized spacial score (nSPS) is 15.1. The van der Waals surface area contributed by atoms with Gasteiger partial charge in [0.05, 0.1) is 12.0 Å². The number of carbonyl (C=O) groups is 2. The number of hydrogen-bond acceptors (Lipinski definition) is 6. The van der Waals surface area contributed by atoms with Crippen LogP contribution in [0.3, 0.4) is 0 Å². The van der Waals surface area contributed by atoms with Crippen LogP contribution in [0.15, 0.2) is 58.5 Å². The minimum absolute atomic E-state index is 0.169. The summed E-state index contributed by atoms with van der Waals surface area (Å²) in [4.78, 5) is 32.3. The summed E-state index contributed by atoms with van der Waals surface area (Å²) in [5.41, 5.74) is 1.91. The Kier molecular flexibility index (Phi) is 6.56. The van der Waals surface area contributed by atoms with E-state index >= 15 is 0 Å². The molecule has 1 aromatic carbocycles. The van der Waals surface area contributed by atoms with E-state index in [1.54, 1.807) is 12.1 Å². The van der Waals surface area contributed by atoms with E-state index in [1.807, 2.05) is 35.7 Å². The fraction of sp³-hybridized carbons (Fsp3) is 0.318. The van der Waals surface area contributed by atoms with Gasteiger partial charge in [0, 0.05) is 18.3 Å². The Morgan fingerprint density at radius 2 is 1.93 bits per heavy atom. The lowest BCUT2D eigenvalue weighted by Gasteiger charge is -2.17. The maximum absolute atomic E-state index is 13.0. The van der Waals surface area contributed by atoms with Crippen molar-refractivity contribution in [2.45, 2.75) is 31.8 Å². The van der Waals surface area contributed by atoms with Crippen LogP contribution in [0.1, 0.15) is 34.7 Å². The standard InChI is InChI=1S/C22H24N4O3S/c27-20(25-22-23-17(15-30-22)14-26-10-4-5-11-26)18(13-16-7-2-1-3-8-16)24-21(28)19-9-6-12-29-19/h1-3,6-9,12,15,18H,4-5,10-11,13-14H2,(H,24,28)(H,23,25,27)/t18-/m0/s1. The molecule has 0 aliphatic carbocycles. The lowest BCUT2D eigenvalue weighted by molar-refractivity contribution is -0.118. The first kappa shape index (κ1) is 20.3. The number of rotatable bonds is 8. The Labute approximate surface area is 179 Å². The highest BCUT2D eigenvalue weighted by Crippen LogP contribution is 2.19. The molecular weight excluding hydrogens is 400 g/mol. The van der Waals surface area contributed by atoms with Gasteiger partial charge in [-0.2, -0.15) is 0 Å². The van der Waals surface area contributed by atoms with Crippen molar-refractivity contribution in [2.24, 2.45) is 0 Å². The number of furan rings is 1. The van der Waals surface area contributed by atoms with Gasteiger partial charge < -0.3 is 15.1 Å². The van der Waals surface area contributed by atoms with Crippen LogP contribution in [0.2, 0.25) is 0 Å². The minimum Gasteiger partial charge on any atom is -0.459 e. The van der Waals surface area contributed by atoms with Crippen molar-refractivity contribution in [3.8, 4) is 0 Å². The van der Waals surface area contributed by atoms with Gasteiger partial charge in [-0.25, -0.2) is 4.98 Å². The number of amides is 2. The molecule has 0 unspecified atom stereocenters. The van der Waals surface area contributed by atoms with Crippen LogP contribution in [0.5, 0.6) is 0 Å². The number of nitrogens with zero attached hydrogens (tertiary/aromatic N) is 2. The van der Waals surface area contributed by atoms with E-state index in [-0.39, 0.29) is 11.7 Å². The van der Waals surface area contributed by atoms with Gasteiger partial charge in [-0.1, -0.05) is 30.3 Å². The highest BCUT2D eigenvalue weighted by molar-refractivity contribution is 7.13. The molecule has 1 fully saturated rings. The molecule has 7 nitrogen and oxygen atoms in total. The van der Waals surface area contributed by atoms with E-state index in [0.717, 1.165) is 30.9 Å². The van der Waals surface area contributed by atoms with Gasteiger partial charge in [0.25, 0.3) is 5.91 Å². The van der Waals surface area contributed by atoms with Crippen LogP contribution in [-0.4, -0.2) is 40.8 Å². The number of thiazole rings is 1. The van der Waals surface area contributed by atoms with Crippen LogP contribution >= 0.6 is 11.3 Å². The molecule has 0 saturated carbocycles. The van der Waals surface area contributed by atoms with Crippen molar-refractivity contribution in [2.75, 3.05) is 18.4 Å². The second-order valence-corrected chi connectivity index (χ2v) is 8.17. The second kappa shape index (κ2) is 9.69. The highest BCUT2D eigenvalue weighted by Gasteiger charge is 2.24. The molecule has 2 aromatic heterocycles. The predicted molar refractivity (Wildman–Crippen MR) is 115 cm³/mol. The van der Waals surface area contributed by atoms with E-state index in [9.17, 15) is 9.59 Å². The quantitative estimate of drug-likeness (QED) is 0.579. The third-order valence-corrected chi connectivity index (χ3v) is 5.82. The first-order valence-corrected chi connectivity index (χ1v) is 10.9. The number of nitrogens with one attached hydrogen (secondary N) is 2. The topological polar surface area (TPSA) is 87.5 Å². The maximum atomic E-state index is 13.0. The van der Waals surface area contributed by atoms with Crippen LogP contribution < -0.4 is 10.6 Å². The number of likely N-dealkylation sites (tertiary alicyclic amines) is 1. The van der Waals surface area contributed by atoms with Crippen molar-refractivity contribution in [1.82, 2.24) is 15.2 Å². The summed E-state index contributed by atoms with van der Waals surface area (Å²) in [6, 6.07) is 12.0. The third-order valence-electron chi connectivity index (χ3n) is 5.02. The Morgan fingerprint density at radius 3 is 2.67 bits per heavy atom. The lowest BCUT2D eigenvalue weighted by Crippen LogP contribution is -2.45. The molecule has 2 amide bonds. The third kappa shape index (κ3) is 5.34. The summed E-state index contributed by atoms with van der Waals surface area (Å²) >= 11 is 1.40. The molecule has 0 bridgehead atoms. The molecule has 3 heterocycles. The smallest absolute Gasteiger partial charge is 0.287 e. The monoisotopic (exact) mass is 424 g/mol. The zero-order valence-electron chi connectivity index (χ0n) is 16.5. The zero-order chi connectivity index (χ0) is 20.8. The summed E-state index contributed by atoms with van der Waals surface area (Å²) in [6.07, 6.45) is 4.25. The van der Waals surface area contributed by atoms with E-state index in [2.05, 4.69) is 20.5 Å². The molecule has 156 valence electrons. The molecule has 0 radical (unpaired) electrons. The Hall–Kier alpha value is -2.97. The summed E-state index contributed by atoms with van der Waals surface area (Å²) in [5.74, 6) is -0.561. The molecule has 30 heavy (non-hydrogen) atoms. The van der Waals surface area contributed by atoms with E-state index in [0.29, 0.717) is 11.6 Å². The molecule has 8 heteroatoms. The molecule has 0 spiro atoms. The van der Waals surface area contributed by atoms with Crippen LogP contribution in [0.4, 0.5) is 5.13 Å². The van der Waals surface area contributed by atoms with Crippen molar-refractivity contribution in [3.63, 3.8) is 0 Å². The molecule has 2 N–H and O–H groups in total. The molecule has 1 atom stereocenters. The Balaban J connectivity index is 1.43. The van der Waals surface area contributed by atoms with Crippen molar-refractivity contribution >= 4 is 28.3 Å². The van der Waals surface area contributed by atoms with Crippen LogP contribution in [-0.2, 0) is 17.8 Å². The van der Waals surface area contributed by atoms with Gasteiger partial charge in [-0.3, -0.25) is 14.5 Å². The SMILES string of the molecule is O=C(N[C@@H](Cc1ccccc1)C(=O)Nc1nc(CN2CCCC2)cs1)c1ccco1. The van der Waals surface area contributed by atoms with Gasteiger partial charge in [0.15, 0.2) is 10.9 Å². The van der Waals surface area contributed by atoms with Gasteiger partial charge in [0.1, 0.15) is 6.04 Å². The largest absolute Gasteiger partial charge is 0.459 e. The average molecular weight is 425 g/mol. The maximum Gasteiger partial charge on any atom is 0.287 e. The second-order valence-electron chi connectivity index (χ2n) is 7.31. The number of anilines is 1. The van der Waals surface area contributed by atoms with Gasteiger partial charge in [-0.15, -0.1) is 11.3 Å². The number of aromatic nitrogens is 1. The van der Waals surface area contributed by atoms with E-state index < -0.39 is 11.9 Å². The molecule has 4 rings (SSSR count). The molecule has 1 aliphatic rings. The fourth-order valence-electron chi connectivity index (χ4n) is 3.50. The van der Waals surface area contributed by atoms with Crippen molar-refractivity contribution in [3.05, 3.63) is 71.1 Å². The first-order valence-electron chi connectivity index (χ1n) is 10.0. The number of benzene rings is 1. The predicted octanol–water partition coefficient (Wildman–Crippen LogP) is 3.31. The average Bonchev–Trinajstić information content (AvgIpc) is 3.52. The van der Waals surface area contributed by atoms with Gasteiger partial charge >= 0.3 is 0 Å². The van der Waals surface area contributed by atoms with Crippen molar-refractivity contribution in [1.29, 1.82) is 0 Å². The molecular formula is C22H24N4O3S. The first-order chi connectivity index (χ1) is 14.7. The summed E-state index contributed by atoms with van der Waals surface area (Å²) < 4.78 is 5.15. The van der Waals surface area contributed by atoms with Crippen LogP contribution in [0, 0.1) is 0 Å². The van der Waals surface area contributed by atoms with E-state index in [1.165, 1.54) is 30.4 Å². The van der Waals surface area contributed by atoms with E-state index in [4.69, 9.17) is 4.42 Å². The molecule has 1 saturated heterocycles.